The van der Waals surface area contributed by atoms with Crippen molar-refractivity contribution in [2.24, 2.45) is 0 Å². The van der Waals surface area contributed by atoms with Gasteiger partial charge in [-0.15, -0.1) is 0 Å². The van der Waals surface area contributed by atoms with Gasteiger partial charge in [0.25, 0.3) is 0 Å². The van der Waals surface area contributed by atoms with Crippen molar-refractivity contribution in [1.29, 1.82) is 0 Å². The highest BCUT2D eigenvalue weighted by atomic mass is 19.1. The van der Waals surface area contributed by atoms with E-state index in [2.05, 4.69) is 0 Å². The molecule has 7 nitrogen and oxygen atoms in total. The minimum Gasteiger partial charge on any atom is -0.496 e. The summed E-state index contributed by atoms with van der Waals surface area (Å²) in [6, 6.07) is 10.5. The zero-order valence-corrected chi connectivity index (χ0v) is 15.8. The van der Waals surface area contributed by atoms with Crippen molar-refractivity contribution in [2.75, 3.05) is 20.8 Å². The Morgan fingerprint density at radius 3 is 2.52 bits per heavy atom. The maximum absolute atomic E-state index is 13.4. The fourth-order valence-corrected chi connectivity index (χ4v) is 2.96. The summed E-state index contributed by atoms with van der Waals surface area (Å²) in [6.45, 7) is -0.785. The lowest BCUT2D eigenvalue weighted by Gasteiger charge is -2.09. The first kappa shape index (κ1) is 20.1. The standard InChI is InChI=1S/C21H18FNO6/c1-27-19-8-7-13(22)9-15(19)18(24)12-29-20(25)11-23-10-16(21(26)28-2)14-5-3-4-6-17(14)23/h3-10H,11-12H2,1-2H3. The smallest absolute Gasteiger partial charge is 0.340 e. The lowest BCUT2D eigenvalue weighted by molar-refractivity contribution is -0.143. The van der Waals surface area contributed by atoms with Gasteiger partial charge < -0.3 is 18.8 Å². The van der Waals surface area contributed by atoms with E-state index in [1.807, 2.05) is 0 Å². The predicted molar refractivity (Wildman–Crippen MR) is 102 cm³/mol. The number of Topliss-reactive ketones (excluding diaryl/α,β-unsaturated/α-hetero) is 1. The first-order chi connectivity index (χ1) is 13.9. The number of aromatic nitrogens is 1. The molecule has 1 aromatic heterocycles. The topological polar surface area (TPSA) is 83.8 Å². The van der Waals surface area contributed by atoms with Gasteiger partial charge in [0, 0.05) is 17.1 Å². The molecular weight excluding hydrogens is 381 g/mol. The molecule has 0 unspecified atom stereocenters. The first-order valence-electron chi connectivity index (χ1n) is 8.63. The van der Waals surface area contributed by atoms with Crippen LogP contribution in [0.5, 0.6) is 5.75 Å². The van der Waals surface area contributed by atoms with Crippen LogP contribution in [0, 0.1) is 5.82 Å². The van der Waals surface area contributed by atoms with Gasteiger partial charge in [0.15, 0.2) is 6.61 Å². The third-order valence-corrected chi connectivity index (χ3v) is 4.32. The van der Waals surface area contributed by atoms with Crippen LogP contribution in [0.15, 0.2) is 48.7 Å². The van der Waals surface area contributed by atoms with Crippen LogP contribution >= 0.6 is 0 Å². The number of methoxy groups -OCH3 is 2. The Labute approximate surface area is 165 Å². The summed E-state index contributed by atoms with van der Waals surface area (Å²) >= 11 is 0. The van der Waals surface area contributed by atoms with Gasteiger partial charge in [-0.1, -0.05) is 18.2 Å². The molecule has 0 fully saturated rings. The van der Waals surface area contributed by atoms with E-state index in [-0.39, 0.29) is 17.9 Å². The van der Waals surface area contributed by atoms with Crippen molar-refractivity contribution in [3.63, 3.8) is 0 Å². The number of fused-ring (bicyclic) bond motifs is 1. The molecule has 3 rings (SSSR count). The molecule has 0 saturated carbocycles. The van der Waals surface area contributed by atoms with Crippen LogP contribution in [0.2, 0.25) is 0 Å². The van der Waals surface area contributed by atoms with Crippen LogP contribution < -0.4 is 4.74 Å². The molecule has 0 aliphatic carbocycles. The van der Waals surface area contributed by atoms with Gasteiger partial charge in [0.1, 0.15) is 18.1 Å². The van der Waals surface area contributed by atoms with E-state index in [0.29, 0.717) is 16.5 Å². The fourth-order valence-electron chi connectivity index (χ4n) is 2.96. The van der Waals surface area contributed by atoms with Gasteiger partial charge in [0.2, 0.25) is 5.78 Å². The molecule has 0 aliphatic rings. The van der Waals surface area contributed by atoms with Crippen molar-refractivity contribution in [2.45, 2.75) is 6.54 Å². The number of esters is 2. The van der Waals surface area contributed by atoms with E-state index >= 15 is 0 Å². The fraction of sp³-hybridized carbons (Fsp3) is 0.190. The SMILES string of the molecule is COC(=O)c1cn(CC(=O)OCC(=O)c2cc(F)ccc2OC)c2ccccc12. The van der Waals surface area contributed by atoms with E-state index < -0.39 is 30.1 Å². The van der Waals surface area contributed by atoms with E-state index in [1.54, 1.807) is 24.3 Å². The second-order valence-corrected chi connectivity index (χ2v) is 6.11. The number of nitrogens with zero attached hydrogens (tertiary/aromatic N) is 1. The van der Waals surface area contributed by atoms with Crippen LogP contribution in [0.4, 0.5) is 4.39 Å². The number of halogens is 1. The largest absolute Gasteiger partial charge is 0.496 e. The summed E-state index contributed by atoms with van der Waals surface area (Å²) < 4.78 is 29.8. The Bertz CT molecular complexity index is 1090. The highest BCUT2D eigenvalue weighted by Gasteiger charge is 2.19. The minimum absolute atomic E-state index is 0.0142. The van der Waals surface area contributed by atoms with Crippen molar-refractivity contribution in [3.8, 4) is 5.75 Å². The highest BCUT2D eigenvalue weighted by Crippen LogP contribution is 2.22. The number of ketones is 1. The summed E-state index contributed by atoms with van der Waals surface area (Å²) in [5.74, 6) is -2.23. The summed E-state index contributed by atoms with van der Waals surface area (Å²) in [6.07, 6.45) is 1.50. The monoisotopic (exact) mass is 399 g/mol. The number of benzene rings is 2. The zero-order chi connectivity index (χ0) is 21.0. The maximum Gasteiger partial charge on any atom is 0.340 e. The van der Waals surface area contributed by atoms with E-state index in [0.717, 1.165) is 12.1 Å². The summed E-state index contributed by atoms with van der Waals surface area (Å²) in [7, 11) is 2.63. The molecule has 0 radical (unpaired) electrons. The first-order valence-corrected chi connectivity index (χ1v) is 8.63. The van der Waals surface area contributed by atoms with Gasteiger partial charge in [-0.3, -0.25) is 9.59 Å². The van der Waals surface area contributed by atoms with E-state index in [1.165, 1.54) is 31.0 Å². The van der Waals surface area contributed by atoms with Crippen LogP contribution in [0.1, 0.15) is 20.7 Å². The van der Waals surface area contributed by atoms with Gasteiger partial charge in [-0.05, 0) is 24.3 Å². The predicted octanol–water partition coefficient (Wildman–Crippen LogP) is 3.00. The number of hydrogen-bond donors (Lipinski definition) is 0. The Morgan fingerprint density at radius 2 is 1.79 bits per heavy atom. The molecule has 0 spiro atoms. The Morgan fingerprint density at radius 1 is 1.03 bits per heavy atom. The molecule has 29 heavy (non-hydrogen) atoms. The van der Waals surface area contributed by atoms with E-state index in [4.69, 9.17) is 14.2 Å². The molecular formula is C21H18FNO6. The third-order valence-electron chi connectivity index (χ3n) is 4.32. The summed E-state index contributed by atoms with van der Waals surface area (Å²) in [4.78, 5) is 36.5. The zero-order valence-electron chi connectivity index (χ0n) is 15.8. The summed E-state index contributed by atoms with van der Waals surface area (Å²) in [5.41, 5.74) is 0.944. The van der Waals surface area contributed by atoms with Crippen LogP contribution in [-0.2, 0) is 20.8 Å². The van der Waals surface area contributed by atoms with Crippen molar-refractivity contribution in [1.82, 2.24) is 4.57 Å². The summed E-state index contributed by atoms with van der Waals surface area (Å²) in [5, 5.41) is 0.632. The van der Waals surface area contributed by atoms with Crippen molar-refractivity contribution >= 4 is 28.6 Å². The highest BCUT2D eigenvalue weighted by molar-refractivity contribution is 6.04. The second-order valence-electron chi connectivity index (χ2n) is 6.11. The van der Waals surface area contributed by atoms with Gasteiger partial charge in [-0.25, -0.2) is 9.18 Å². The molecule has 0 amide bonds. The number of para-hydroxylation sites is 1. The second kappa shape index (κ2) is 8.55. The Balaban J connectivity index is 1.73. The Hall–Kier alpha value is -3.68. The number of hydrogen-bond acceptors (Lipinski definition) is 6. The molecule has 1 heterocycles. The number of carbonyl (C=O) groups excluding carboxylic acids is 3. The van der Waals surface area contributed by atoms with E-state index in [9.17, 15) is 18.8 Å². The Kier molecular flexibility index (Phi) is 5.92. The molecule has 8 heteroatoms. The number of carbonyl (C=O) groups is 3. The molecule has 0 saturated heterocycles. The van der Waals surface area contributed by atoms with Crippen LogP contribution in [-0.4, -0.2) is 43.1 Å². The van der Waals surface area contributed by atoms with Crippen LogP contribution in [0.25, 0.3) is 10.9 Å². The number of ether oxygens (including phenoxy) is 3. The number of rotatable bonds is 7. The van der Waals surface area contributed by atoms with Gasteiger partial charge >= 0.3 is 11.9 Å². The lowest BCUT2D eigenvalue weighted by atomic mass is 10.1. The van der Waals surface area contributed by atoms with Crippen LogP contribution in [0.3, 0.4) is 0 Å². The third kappa shape index (κ3) is 4.26. The normalized spacial score (nSPS) is 10.6. The average Bonchev–Trinajstić information content (AvgIpc) is 3.10. The van der Waals surface area contributed by atoms with Gasteiger partial charge in [0.05, 0.1) is 25.3 Å². The molecule has 0 aliphatic heterocycles. The maximum atomic E-state index is 13.4. The van der Waals surface area contributed by atoms with Crippen molar-refractivity contribution in [3.05, 3.63) is 65.6 Å². The lowest BCUT2D eigenvalue weighted by Crippen LogP contribution is -2.18. The molecule has 2 aromatic carbocycles. The molecule has 150 valence electrons. The van der Waals surface area contributed by atoms with Crippen molar-refractivity contribution < 1.29 is 33.0 Å². The molecule has 0 atom stereocenters. The molecule has 0 N–H and O–H groups in total. The molecule has 0 bridgehead atoms. The van der Waals surface area contributed by atoms with Gasteiger partial charge in [-0.2, -0.15) is 0 Å². The molecule has 3 aromatic rings. The average molecular weight is 399 g/mol. The minimum atomic E-state index is -0.689. The quantitative estimate of drug-likeness (QED) is 0.449.